The van der Waals surface area contributed by atoms with Crippen molar-refractivity contribution in [2.45, 2.75) is 39.8 Å². The second-order valence-corrected chi connectivity index (χ2v) is 9.83. The number of rotatable bonds is 6. The molecule has 0 radical (unpaired) electrons. The number of thiophene rings is 1. The molecule has 1 aromatic heterocycles. The molecule has 2 heterocycles. The molecular formula is C23H34N3O2S+. The molecule has 0 saturated carbocycles. The lowest BCUT2D eigenvalue weighted by molar-refractivity contribution is -0.933. The molecule has 1 saturated heterocycles. The van der Waals surface area contributed by atoms with Gasteiger partial charge in [0.05, 0.1) is 44.2 Å². The molecule has 2 N–H and O–H groups in total. The third-order valence-electron chi connectivity index (χ3n) is 5.67. The summed E-state index contributed by atoms with van der Waals surface area (Å²) >= 11 is 1.79. The van der Waals surface area contributed by atoms with Gasteiger partial charge in [0.15, 0.2) is 0 Å². The Bertz CT molecular complexity index is 775. The van der Waals surface area contributed by atoms with Gasteiger partial charge in [-0.1, -0.05) is 26.8 Å². The van der Waals surface area contributed by atoms with E-state index in [2.05, 4.69) is 46.8 Å². The quantitative estimate of drug-likeness (QED) is 0.761. The number of carbonyl (C=O) groups excluding carboxylic acids is 1. The van der Waals surface area contributed by atoms with Crippen molar-refractivity contribution in [2.75, 3.05) is 38.2 Å². The van der Waals surface area contributed by atoms with Crippen molar-refractivity contribution < 1.29 is 14.4 Å². The highest BCUT2D eigenvalue weighted by Gasteiger charge is 2.35. The number of anilines is 1. The van der Waals surface area contributed by atoms with E-state index in [0.29, 0.717) is 0 Å². The van der Waals surface area contributed by atoms with Crippen molar-refractivity contribution in [3.05, 3.63) is 46.7 Å². The lowest BCUT2D eigenvalue weighted by Crippen LogP contribution is -3.16. The van der Waals surface area contributed by atoms with Gasteiger partial charge in [-0.2, -0.15) is 0 Å². The standard InChI is InChI=1S/C23H33N3O2S/c1-17(24-22(27)23(2,3)4)21(20-7-6-16-29-20)26-14-12-25(13-15-26)18-8-10-19(28-5)11-9-18/h6-11,16-17,21H,12-15H2,1-5H3,(H,24,27)/p+1/t17-,21+/m0/s1. The van der Waals surface area contributed by atoms with E-state index in [1.165, 1.54) is 10.6 Å². The normalized spacial score (nSPS) is 17.6. The second-order valence-electron chi connectivity index (χ2n) is 8.85. The summed E-state index contributed by atoms with van der Waals surface area (Å²) in [4.78, 5) is 17.9. The fourth-order valence-electron chi connectivity index (χ4n) is 3.93. The van der Waals surface area contributed by atoms with E-state index in [9.17, 15) is 4.79 Å². The smallest absolute Gasteiger partial charge is 0.225 e. The van der Waals surface area contributed by atoms with Gasteiger partial charge in [0.25, 0.3) is 0 Å². The zero-order chi connectivity index (χ0) is 21.0. The zero-order valence-corrected chi connectivity index (χ0v) is 19.0. The van der Waals surface area contributed by atoms with Gasteiger partial charge >= 0.3 is 0 Å². The van der Waals surface area contributed by atoms with Gasteiger partial charge in [0.1, 0.15) is 11.8 Å². The Balaban J connectivity index is 1.69. The lowest BCUT2D eigenvalue weighted by atomic mass is 9.94. The van der Waals surface area contributed by atoms with Gasteiger partial charge in [-0.25, -0.2) is 0 Å². The molecule has 0 spiro atoms. The number of quaternary nitrogens is 1. The van der Waals surface area contributed by atoms with Crippen LogP contribution in [0.2, 0.25) is 0 Å². The number of ether oxygens (including phenoxy) is 1. The van der Waals surface area contributed by atoms with Crippen LogP contribution in [0.25, 0.3) is 0 Å². The largest absolute Gasteiger partial charge is 0.497 e. The molecule has 1 aliphatic rings. The fourth-order valence-corrected chi connectivity index (χ4v) is 4.92. The van der Waals surface area contributed by atoms with Crippen LogP contribution in [-0.2, 0) is 4.79 Å². The topological polar surface area (TPSA) is 46.0 Å². The summed E-state index contributed by atoms with van der Waals surface area (Å²) in [5.41, 5.74) is 0.864. The molecule has 2 aromatic rings. The predicted molar refractivity (Wildman–Crippen MR) is 120 cm³/mol. The van der Waals surface area contributed by atoms with Gasteiger partial charge in [-0.05, 0) is 42.6 Å². The van der Waals surface area contributed by atoms with Gasteiger partial charge in [0.2, 0.25) is 5.91 Å². The Kier molecular flexibility index (Phi) is 6.85. The number of amides is 1. The molecular weight excluding hydrogens is 382 g/mol. The van der Waals surface area contributed by atoms with Gasteiger partial charge in [-0.15, -0.1) is 11.3 Å². The molecule has 2 atom stereocenters. The summed E-state index contributed by atoms with van der Waals surface area (Å²) in [5, 5.41) is 5.41. The van der Waals surface area contributed by atoms with Crippen LogP contribution in [-0.4, -0.2) is 45.2 Å². The Morgan fingerprint density at radius 3 is 2.34 bits per heavy atom. The van der Waals surface area contributed by atoms with Crippen LogP contribution in [0.1, 0.15) is 38.6 Å². The summed E-state index contributed by atoms with van der Waals surface area (Å²) in [6.07, 6.45) is 0. The SMILES string of the molecule is COc1ccc(N2CC[NH+]([C@@H](c3cccs3)[C@H](C)NC(=O)C(C)(C)C)CC2)cc1. The number of methoxy groups -OCH3 is 1. The van der Waals surface area contributed by atoms with Crippen molar-refractivity contribution in [3.63, 3.8) is 0 Å². The highest BCUT2D eigenvalue weighted by atomic mass is 32.1. The minimum Gasteiger partial charge on any atom is -0.497 e. The van der Waals surface area contributed by atoms with Crippen LogP contribution >= 0.6 is 11.3 Å². The number of nitrogens with zero attached hydrogens (tertiary/aromatic N) is 1. The highest BCUT2D eigenvalue weighted by molar-refractivity contribution is 7.10. The summed E-state index contributed by atoms with van der Waals surface area (Å²) < 4.78 is 5.27. The van der Waals surface area contributed by atoms with Crippen LogP contribution < -0.4 is 19.9 Å². The number of nitrogens with one attached hydrogen (secondary N) is 2. The van der Waals surface area contributed by atoms with Gasteiger partial charge in [-0.3, -0.25) is 4.79 Å². The maximum atomic E-state index is 12.6. The Labute approximate surface area is 178 Å². The van der Waals surface area contributed by atoms with E-state index >= 15 is 0 Å². The molecule has 0 aliphatic carbocycles. The molecule has 6 heteroatoms. The summed E-state index contributed by atoms with van der Waals surface area (Å²) in [5.74, 6) is 1.00. The first-order valence-corrected chi connectivity index (χ1v) is 11.3. The third kappa shape index (κ3) is 5.31. The van der Waals surface area contributed by atoms with E-state index < -0.39 is 0 Å². The van der Waals surface area contributed by atoms with E-state index in [1.807, 2.05) is 32.9 Å². The molecule has 1 aliphatic heterocycles. The van der Waals surface area contributed by atoms with E-state index in [0.717, 1.165) is 31.9 Å². The first-order valence-electron chi connectivity index (χ1n) is 10.4. The number of benzene rings is 1. The molecule has 5 nitrogen and oxygen atoms in total. The van der Waals surface area contributed by atoms with E-state index in [-0.39, 0.29) is 23.4 Å². The zero-order valence-electron chi connectivity index (χ0n) is 18.2. The fraction of sp³-hybridized carbons (Fsp3) is 0.522. The monoisotopic (exact) mass is 416 g/mol. The maximum absolute atomic E-state index is 12.6. The van der Waals surface area contributed by atoms with E-state index in [4.69, 9.17) is 4.74 Å². The van der Waals surface area contributed by atoms with Crippen molar-refractivity contribution in [2.24, 2.45) is 5.41 Å². The molecule has 0 unspecified atom stereocenters. The second kappa shape index (κ2) is 9.18. The third-order valence-corrected chi connectivity index (χ3v) is 6.63. The van der Waals surface area contributed by atoms with Crippen molar-refractivity contribution in [1.29, 1.82) is 0 Å². The van der Waals surface area contributed by atoms with Crippen LogP contribution in [0, 0.1) is 5.41 Å². The molecule has 3 rings (SSSR count). The molecule has 1 amide bonds. The summed E-state index contributed by atoms with van der Waals surface area (Å²) in [7, 11) is 1.70. The molecule has 158 valence electrons. The van der Waals surface area contributed by atoms with Crippen LogP contribution in [0.5, 0.6) is 5.75 Å². The Morgan fingerprint density at radius 1 is 1.17 bits per heavy atom. The first kappa shape index (κ1) is 21.7. The van der Waals surface area contributed by atoms with Crippen molar-refractivity contribution in [1.82, 2.24) is 5.32 Å². The number of hydrogen-bond acceptors (Lipinski definition) is 4. The van der Waals surface area contributed by atoms with Crippen LogP contribution in [0.15, 0.2) is 41.8 Å². The number of piperazine rings is 1. The van der Waals surface area contributed by atoms with Crippen LogP contribution in [0.3, 0.4) is 0 Å². The number of carbonyl (C=O) groups is 1. The number of hydrogen-bond donors (Lipinski definition) is 2. The highest BCUT2D eigenvalue weighted by Crippen LogP contribution is 2.23. The minimum atomic E-state index is -0.378. The average molecular weight is 417 g/mol. The van der Waals surface area contributed by atoms with Gasteiger partial charge < -0.3 is 19.9 Å². The van der Waals surface area contributed by atoms with E-state index in [1.54, 1.807) is 23.3 Å². The van der Waals surface area contributed by atoms with Crippen LogP contribution in [0.4, 0.5) is 5.69 Å². The van der Waals surface area contributed by atoms with Crippen molar-refractivity contribution >= 4 is 22.9 Å². The molecule has 1 fully saturated rings. The first-order chi connectivity index (χ1) is 13.8. The predicted octanol–water partition coefficient (Wildman–Crippen LogP) is 2.75. The van der Waals surface area contributed by atoms with Crippen molar-refractivity contribution in [3.8, 4) is 5.75 Å². The summed E-state index contributed by atoms with van der Waals surface area (Å²) in [6.45, 7) is 12.2. The Hall–Kier alpha value is -2.05. The lowest BCUT2D eigenvalue weighted by Gasteiger charge is -2.39. The molecule has 0 bridgehead atoms. The maximum Gasteiger partial charge on any atom is 0.225 e. The van der Waals surface area contributed by atoms with Gasteiger partial charge in [0, 0.05) is 11.1 Å². The minimum absolute atomic E-state index is 0.0860. The average Bonchev–Trinajstić information content (AvgIpc) is 3.22. The Morgan fingerprint density at radius 2 is 1.83 bits per heavy atom. The molecule has 1 aromatic carbocycles. The summed E-state index contributed by atoms with van der Waals surface area (Å²) in [6, 6.07) is 13.0. The molecule has 29 heavy (non-hydrogen) atoms.